The van der Waals surface area contributed by atoms with E-state index in [4.69, 9.17) is 9.73 Å². The molecule has 1 aliphatic rings. The fourth-order valence-corrected chi connectivity index (χ4v) is 3.26. The first-order valence-corrected chi connectivity index (χ1v) is 9.65. The molecule has 140 valence electrons. The van der Waals surface area contributed by atoms with Crippen molar-refractivity contribution in [3.63, 3.8) is 0 Å². The van der Waals surface area contributed by atoms with Crippen LogP contribution in [0.2, 0.25) is 0 Å². The van der Waals surface area contributed by atoms with Crippen LogP contribution in [0, 0.1) is 0 Å². The lowest BCUT2D eigenvalue weighted by Crippen LogP contribution is -2.48. The number of guanidine groups is 1. The van der Waals surface area contributed by atoms with Gasteiger partial charge >= 0.3 is 0 Å². The number of benzene rings is 1. The SMILES string of the molecule is CCCN1CCC(NC(=NCCc2cccc(OC)c2)NCC)CC1. The third-order valence-corrected chi connectivity index (χ3v) is 4.62. The molecular weight excluding hydrogens is 312 g/mol. The third kappa shape index (κ3) is 6.94. The van der Waals surface area contributed by atoms with Crippen molar-refractivity contribution in [2.24, 2.45) is 4.99 Å². The zero-order chi connectivity index (χ0) is 17.9. The van der Waals surface area contributed by atoms with Crippen LogP contribution in [0.25, 0.3) is 0 Å². The van der Waals surface area contributed by atoms with Crippen LogP contribution < -0.4 is 15.4 Å². The summed E-state index contributed by atoms with van der Waals surface area (Å²) >= 11 is 0. The Labute approximate surface area is 152 Å². The summed E-state index contributed by atoms with van der Waals surface area (Å²) in [6, 6.07) is 8.75. The van der Waals surface area contributed by atoms with Gasteiger partial charge in [-0.2, -0.15) is 0 Å². The molecule has 0 radical (unpaired) electrons. The van der Waals surface area contributed by atoms with Crippen LogP contribution in [0.15, 0.2) is 29.3 Å². The summed E-state index contributed by atoms with van der Waals surface area (Å²) in [7, 11) is 1.70. The van der Waals surface area contributed by atoms with E-state index in [1.54, 1.807) is 7.11 Å². The Morgan fingerprint density at radius 2 is 2.08 bits per heavy atom. The van der Waals surface area contributed by atoms with Gasteiger partial charge < -0.3 is 20.3 Å². The highest BCUT2D eigenvalue weighted by Gasteiger charge is 2.19. The van der Waals surface area contributed by atoms with E-state index in [1.807, 2.05) is 12.1 Å². The number of piperidine rings is 1. The highest BCUT2D eigenvalue weighted by Crippen LogP contribution is 2.13. The molecule has 0 unspecified atom stereocenters. The summed E-state index contributed by atoms with van der Waals surface area (Å²) in [6.45, 7) is 9.63. The van der Waals surface area contributed by atoms with Gasteiger partial charge in [0.1, 0.15) is 5.75 Å². The molecule has 0 spiro atoms. The highest BCUT2D eigenvalue weighted by molar-refractivity contribution is 5.80. The van der Waals surface area contributed by atoms with Crippen molar-refractivity contribution in [2.45, 2.75) is 45.6 Å². The Bertz CT molecular complexity index is 524. The lowest BCUT2D eigenvalue weighted by atomic mass is 10.1. The summed E-state index contributed by atoms with van der Waals surface area (Å²) in [4.78, 5) is 7.31. The fraction of sp³-hybridized carbons (Fsp3) is 0.650. The Balaban J connectivity index is 1.81. The van der Waals surface area contributed by atoms with Crippen LogP contribution >= 0.6 is 0 Å². The first kappa shape index (κ1) is 19.6. The molecule has 25 heavy (non-hydrogen) atoms. The van der Waals surface area contributed by atoms with E-state index >= 15 is 0 Å². The van der Waals surface area contributed by atoms with Gasteiger partial charge in [0.25, 0.3) is 0 Å². The quantitative estimate of drug-likeness (QED) is 0.561. The van der Waals surface area contributed by atoms with Gasteiger partial charge in [0.05, 0.1) is 7.11 Å². The Morgan fingerprint density at radius 1 is 1.28 bits per heavy atom. The molecule has 0 amide bonds. The molecular formula is C20H34N4O. The van der Waals surface area contributed by atoms with Crippen molar-refractivity contribution in [1.82, 2.24) is 15.5 Å². The second-order valence-corrected chi connectivity index (χ2v) is 6.62. The van der Waals surface area contributed by atoms with Gasteiger partial charge in [-0.05, 0) is 56.8 Å². The van der Waals surface area contributed by atoms with E-state index in [2.05, 4.69) is 41.5 Å². The number of rotatable bonds is 8. The average molecular weight is 347 g/mol. The molecule has 2 rings (SSSR count). The number of nitrogens with one attached hydrogen (secondary N) is 2. The molecule has 1 saturated heterocycles. The minimum Gasteiger partial charge on any atom is -0.497 e. The van der Waals surface area contributed by atoms with Crippen LogP contribution in [-0.2, 0) is 6.42 Å². The van der Waals surface area contributed by atoms with Crippen molar-refractivity contribution in [3.8, 4) is 5.75 Å². The van der Waals surface area contributed by atoms with E-state index in [1.165, 1.54) is 44.5 Å². The van der Waals surface area contributed by atoms with Crippen LogP contribution in [0.3, 0.4) is 0 Å². The number of nitrogens with zero attached hydrogens (tertiary/aromatic N) is 2. The number of aliphatic imine (C=N–C) groups is 1. The van der Waals surface area contributed by atoms with Gasteiger partial charge in [-0.15, -0.1) is 0 Å². The number of likely N-dealkylation sites (tertiary alicyclic amines) is 1. The summed E-state index contributed by atoms with van der Waals surface area (Å²) < 4.78 is 5.28. The normalized spacial score (nSPS) is 16.7. The van der Waals surface area contributed by atoms with Crippen LogP contribution in [0.1, 0.15) is 38.7 Å². The first-order chi connectivity index (χ1) is 12.2. The van der Waals surface area contributed by atoms with Crippen LogP contribution in [-0.4, -0.2) is 56.7 Å². The lowest BCUT2D eigenvalue weighted by Gasteiger charge is -2.32. The number of ether oxygens (including phenoxy) is 1. The molecule has 0 saturated carbocycles. The number of methoxy groups -OCH3 is 1. The minimum atomic E-state index is 0.530. The maximum absolute atomic E-state index is 5.28. The summed E-state index contributed by atoms with van der Waals surface area (Å²) in [6.07, 6.45) is 4.55. The van der Waals surface area contributed by atoms with Gasteiger partial charge in [0, 0.05) is 32.2 Å². The molecule has 0 aliphatic carbocycles. The summed E-state index contributed by atoms with van der Waals surface area (Å²) in [5.41, 5.74) is 1.26. The summed E-state index contributed by atoms with van der Waals surface area (Å²) in [5.74, 6) is 1.85. The van der Waals surface area contributed by atoms with E-state index in [0.29, 0.717) is 6.04 Å². The van der Waals surface area contributed by atoms with Crippen molar-refractivity contribution in [2.75, 3.05) is 39.8 Å². The molecule has 1 aromatic carbocycles. The largest absolute Gasteiger partial charge is 0.497 e. The summed E-state index contributed by atoms with van der Waals surface area (Å²) in [5, 5.41) is 6.99. The van der Waals surface area contributed by atoms with Crippen molar-refractivity contribution in [3.05, 3.63) is 29.8 Å². The highest BCUT2D eigenvalue weighted by atomic mass is 16.5. The zero-order valence-electron chi connectivity index (χ0n) is 16.1. The van der Waals surface area contributed by atoms with Gasteiger partial charge in [0.15, 0.2) is 5.96 Å². The first-order valence-electron chi connectivity index (χ1n) is 9.65. The molecule has 0 aromatic heterocycles. The van der Waals surface area contributed by atoms with E-state index < -0.39 is 0 Å². The third-order valence-electron chi connectivity index (χ3n) is 4.62. The molecule has 0 bridgehead atoms. The molecule has 0 atom stereocenters. The molecule has 1 aliphatic heterocycles. The Morgan fingerprint density at radius 3 is 2.76 bits per heavy atom. The van der Waals surface area contributed by atoms with Gasteiger partial charge in [-0.25, -0.2) is 0 Å². The Hall–Kier alpha value is -1.75. The number of hydrogen-bond donors (Lipinski definition) is 2. The second kappa shape index (κ2) is 11.0. The van der Waals surface area contributed by atoms with Crippen molar-refractivity contribution < 1.29 is 4.74 Å². The number of hydrogen-bond acceptors (Lipinski definition) is 3. The topological polar surface area (TPSA) is 48.9 Å². The van der Waals surface area contributed by atoms with Crippen LogP contribution in [0.4, 0.5) is 0 Å². The molecule has 5 nitrogen and oxygen atoms in total. The molecule has 1 fully saturated rings. The second-order valence-electron chi connectivity index (χ2n) is 6.62. The molecule has 2 N–H and O–H groups in total. The average Bonchev–Trinajstić information content (AvgIpc) is 2.64. The zero-order valence-corrected chi connectivity index (χ0v) is 16.1. The van der Waals surface area contributed by atoms with Gasteiger partial charge in [-0.1, -0.05) is 19.1 Å². The lowest BCUT2D eigenvalue weighted by molar-refractivity contribution is 0.206. The monoisotopic (exact) mass is 346 g/mol. The maximum atomic E-state index is 5.28. The fourth-order valence-electron chi connectivity index (χ4n) is 3.26. The standard InChI is InChI=1S/C20H34N4O/c1-4-13-24-14-10-18(11-15-24)23-20(21-5-2)22-12-9-17-7-6-8-19(16-17)25-3/h6-8,16,18H,4-5,9-15H2,1-3H3,(H2,21,22,23). The van der Waals surface area contributed by atoms with Gasteiger partial charge in [0.2, 0.25) is 0 Å². The van der Waals surface area contributed by atoms with E-state index in [9.17, 15) is 0 Å². The minimum absolute atomic E-state index is 0.530. The Kier molecular flexibility index (Phi) is 8.60. The smallest absolute Gasteiger partial charge is 0.191 e. The molecule has 1 aromatic rings. The maximum Gasteiger partial charge on any atom is 0.191 e. The predicted molar refractivity (Wildman–Crippen MR) is 106 cm³/mol. The molecule has 1 heterocycles. The van der Waals surface area contributed by atoms with Crippen molar-refractivity contribution >= 4 is 5.96 Å². The van der Waals surface area contributed by atoms with Crippen LogP contribution in [0.5, 0.6) is 5.75 Å². The van der Waals surface area contributed by atoms with Crippen molar-refractivity contribution in [1.29, 1.82) is 0 Å². The van der Waals surface area contributed by atoms with Gasteiger partial charge in [-0.3, -0.25) is 4.99 Å². The van der Waals surface area contributed by atoms with E-state index in [-0.39, 0.29) is 0 Å². The van der Waals surface area contributed by atoms with E-state index in [0.717, 1.165) is 31.2 Å². The predicted octanol–water partition coefficient (Wildman–Crippen LogP) is 2.67. The molecule has 5 heteroatoms.